The molecular formula is C10H16N2O4. The second kappa shape index (κ2) is 9.85. The third-order valence-corrected chi connectivity index (χ3v) is 1.70. The van der Waals surface area contributed by atoms with Crippen molar-refractivity contribution >= 4 is 18.2 Å². The van der Waals surface area contributed by atoms with Crippen molar-refractivity contribution in [3.63, 3.8) is 0 Å². The fourth-order valence-electron chi connectivity index (χ4n) is 0.962. The summed E-state index contributed by atoms with van der Waals surface area (Å²) in [4.78, 5) is 32.0. The molecule has 0 unspecified atom stereocenters. The molecule has 90 valence electrons. The molecule has 0 aromatic heterocycles. The van der Waals surface area contributed by atoms with Crippen molar-refractivity contribution in [3.8, 4) is 0 Å². The lowest BCUT2D eigenvalue weighted by molar-refractivity contribution is -0.120. The molecule has 16 heavy (non-hydrogen) atoms. The van der Waals surface area contributed by atoms with Crippen molar-refractivity contribution in [2.75, 3.05) is 6.61 Å². The van der Waals surface area contributed by atoms with Gasteiger partial charge in [-0.3, -0.25) is 14.9 Å². The molecular weight excluding hydrogens is 212 g/mol. The lowest BCUT2D eigenvalue weighted by Crippen LogP contribution is -2.36. The van der Waals surface area contributed by atoms with Crippen LogP contribution < -0.4 is 10.6 Å². The summed E-state index contributed by atoms with van der Waals surface area (Å²) in [5.74, 6) is -0.380. The standard InChI is InChI=1S/C10H16N2O4/c13-7-3-1-2-5-9(15)12-10(16)11-6-4-8-14/h4,6,8,13H,1-3,5,7H2,(H2,11,12,15,16)/b6-4-. The van der Waals surface area contributed by atoms with Crippen LogP contribution in [0.5, 0.6) is 0 Å². The van der Waals surface area contributed by atoms with Gasteiger partial charge in [0.25, 0.3) is 0 Å². The molecule has 0 atom stereocenters. The predicted octanol–water partition coefficient (Wildman–Crippen LogP) is 0.0775. The highest BCUT2D eigenvalue weighted by Gasteiger charge is 2.04. The van der Waals surface area contributed by atoms with Crippen LogP contribution in [0, 0.1) is 0 Å². The van der Waals surface area contributed by atoms with E-state index in [1.165, 1.54) is 0 Å². The lowest BCUT2D eigenvalue weighted by Gasteiger charge is -2.02. The van der Waals surface area contributed by atoms with Gasteiger partial charge in [-0.05, 0) is 18.9 Å². The van der Waals surface area contributed by atoms with E-state index in [0.717, 1.165) is 18.7 Å². The molecule has 0 fully saturated rings. The van der Waals surface area contributed by atoms with E-state index in [-0.39, 0.29) is 18.9 Å². The number of hydrogen-bond acceptors (Lipinski definition) is 4. The van der Waals surface area contributed by atoms with Gasteiger partial charge in [-0.2, -0.15) is 0 Å². The van der Waals surface area contributed by atoms with Gasteiger partial charge in [-0.15, -0.1) is 0 Å². The second-order valence-corrected chi connectivity index (χ2v) is 3.05. The van der Waals surface area contributed by atoms with E-state index in [2.05, 4.69) is 10.6 Å². The molecule has 6 heteroatoms. The monoisotopic (exact) mass is 228 g/mol. The number of allylic oxidation sites excluding steroid dienone is 1. The van der Waals surface area contributed by atoms with Crippen LogP contribution >= 0.6 is 0 Å². The number of amides is 3. The van der Waals surface area contributed by atoms with Crippen LogP contribution in [-0.4, -0.2) is 29.9 Å². The minimum Gasteiger partial charge on any atom is -0.396 e. The first-order chi connectivity index (χ1) is 7.70. The molecule has 0 aliphatic heterocycles. The molecule has 0 rings (SSSR count). The Hall–Kier alpha value is -1.69. The zero-order valence-electron chi connectivity index (χ0n) is 8.94. The average molecular weight is 228 g/mol. The zero-order valence-corrected chi connectivity index (χ0v) is 8.94. The lowest BCUT2D eigenvalue weighted by atomic mass is 10.2. The number of aliphatic hydroxyl groups excluding tert-OH is 1. The quantitative estimate of drug-likeness (QED) is 0.326. The highest BCUT2D eigenvalue weighted by molar-refractivity contribution is 5.94. The molecule has 3 N–H and O–H groups in total. The Morgan fingerprint density at radius 1 is 1.19 bits per heavy atom. The zero-order chi connectivity index (χ0) is 12.2. The first kappa shape index (κ1) is 14.3. The van der Waals surface area contributed by atoms with Gasteiger partial charge in [0, 0.05) is 19.2 Å². The predicted molar refractivity (Wildman–Crippen MR) is 57.4 cm³/mol. The van der Waals surface area contributed by atoms with Crippen LogP contribution in [0.4, 0.5) is 4.79 Å². The maximum absolute atomic E-state index is 11.1. The molecule has 0 bridgehead atoms. The number of carbonyl (C=O) groups excluding carboxylic acids is 3. The molecule has 0 radical (unpaired) electrons. The van der Waals surface area contributed by atoms with Crippen molar-refractivity contribution < 1.29 is 19.5 Å². The Morgan fingerprint density at radius 2 is 1.94 bits per heavy atom. The van der Waals surface area contributed by atoms with Crippen molar-refractivity contribution in [1.82, 2.24) is 10.6 Å². The van der Waals surface area contributed by atoms with Gasteiger partial charge in [-0.1, -0.05) is 6.42 Å². The molecule has 0 aromatic carbocycles. The summed E-state index contributed by atoms with van der Waals surface area (Å²) in [6.45, 7) is 0.110. The Morgan fingerprint density at radius 3 is 2.56 bits per heavy atom. The van der Waals surface area contributed by atoms with Crippen LogP contribution in [0.25, 0.3) is 0 Å². The summed E-state index contributed by atoms with van der Waals surface area (Å²) in [6.07, 6.45) is 5.02. The number of nitrogens with one attached hydrogen (secondary N) is 2. The van der Waals surface area contributed by atoms with Gasteiger partial charge in [0.2, 0.25) is 5.91 Å². The molecule has 0 saturated heterocycles. The Labute approximate surface area is 93.7 Å². The number of urea groups is 1. The topological polar surface area (TPSA) is 95.5 Å². The van der Waals surface area contributed by atoms with Crippen molar-refractivity contribution in [2.24, 2.45) is 0 Å². The van der Waals surface area contributed by atoms with Gasteiger partial charge in [0.15, 0.2) is 0 Å². The summed E-state index contributed by atoms with van der Waals surface area (Å²) in [7, 11) is 0. The summed E-state index contributed by atoms with van der Waals surface area (Å²) < 4.78 is 0. The van der Waals surface area contributed by atoms with E-state index in [0.29, 0.717) is 19.1 Å². The number of imide groups is 1. The van der Waals surface area contributed by atoms with E-state index in [1.54, 1.807) is 0 Å². The molecule has 0 heterocycles. The molecule has 0 saturated carbocycles. The molecule has 3 amide bonds. The number of aliphatic hydroxyl groups is 1. The van der Waals surface area contributed by atoms with E-state index >= 15 is 0 Å². The fraction of sp³-hybridized carbons (Fsp3) is 0.500. The van der Waals surface area contributed by atoms with Gasteiger partial charge in [0.05, 0.1) is 0 Å². The molecule has 6 nitrogen and oxygen atoms in total. The maximum Gasteiger partial charge on any atom is 0.325 e. The molecule has 0 aliphatic rings. The highest BCUT2D eigenvalue weighted by Crippen LogP contribution is 1.98. The minimum absolute atomic E-state index is 0.110. The van der Waals surface area contributed by atoms with E-state index in [4.69, 9.17) is 5.11 Å². The first-order valence-corrected chi connectivity index (χ1v) is 5.02. The Kier molecular flexibility index (Phi) is 8.81. The third-order valence-electron chi connectivity index (χ3n) is 1.70. The average Bonchev–Trinajstić information content (AvgIpc) is 2.25. The highest BCUT2D eigenvalue weighted by atomic mass is 16.3. The van der Waals surface area contributed by atoms with Crippen LogP contribution in [0.3, 0.4) is 0 Å². The van der Waals surface area contributed by atoms with E-state index < -0.39 is 6.03 Å². The molecule has 0 aliphatic carbocycles. The Balaban J connectivity index is 3.58. The normalized spacial score (nSPS) is 10.1. The molecule has 0 aromatic rings. The van der Waals surface area contributed by atoms with E-state index in [1.807, 2.05) is 0 Å². The Bertz CT molecular complexity index is 264. The minimum atomic E-state index is -0.662. The number of unbranched alkanes of at least 4 members (excludes halogenated alkanes) is 2. The van der Waals surface area contributed by atoms with Crippen LogP contribution in [-0.2, 0) is 9.59 Å². The van der Waals surface area contributed by atoms with Gasteiger partial charge in [0.1, 0.15) is 6.29 Å². The van der Waals surface area contributed by atoms with Gasteiger partial charge < -0.3 is 10.4 Å². The number of aldehydes is 1. The van der Waals surface area contributed by atoms with Crippen LogP contribution in [0.1, 0.15) is 25.7 Å². The van der Waals surface area contributed by atoms with Crippen LogP contribution in [0.15, 0.2) is 12.3 Å². The summed E-state index contributed by atoms with van der Waals surface area (Å²) >= 11 is 0. The van der Waals surface area contributed by atoms with Crippen molar-refractivity contribution in [3.05, 3.63) is 12.3 Å². The number of rotatable bonds is 7. The number of carbonyl (C=O) groups is 3. The van der Waals surface area contributed by atoms with Crippen molar-refractivity contribution in [2.45, 2.75) is 25.7 Å². The summed E-state index contributed by atoms with van der Waals surface area (Å²) in [6, 6.07) is -0.662. The van der Waals surface area contributed by atoms with Crippen LogP contribution in [0.2, 0.25) is 0 Å². The van der Waals surface area contributed by atoms with E-state index in [9.17, 15) is 14.4 Å². The fourth-order valence-corrected chi connectivity index (χ4v) is 0.962. The summed E-state index contributed by atoms with van der Waals surface area (Å²) in [5.41, 5.74) is 0. The third kappa shape index (κ3) is 8.89. The first-order valence-electron chi connectivity index (χ1n) is 5.02. The summed E-state index contributed by atoms with van der Waals surface area (Å²) in [5, 5.41) is 12.8. The molecule has 0 spiro atoms. The second-order valence-electron chi connectivity index (χ2n) is 3.05. The maximum atomic E-state index is 11.1. The van der Waals surface area contributed by atoms with Gasteiger partial charge in [-0.25, -0.2) is 4.79 Å². The van der Waals surface area contributed by atoms with Crippen molar-refractivity contribution in [1.29, 1.82) is 0 Å². The SMILES string of the molecule is O=C/C=C\NC(=O)NC(=O)CCCCCO. The van der Waals surface area contributed by atoms with Gasteiger partial charge >= 0.3 is 6.03 Å². The smallest absolute Gasteiger partial charge is 0.325 e. The largest absolute Gasteiger partial charge is 0.396 e. The number of hydrogen-bond donors (Lipinski definition) is 3.